The Morgan fingerprint density at radius 1 is 1.17 bits per heavy atom. The van der Waals surface area contributed by atoms with Crippen molar-refractivity contribution >= 4 is 17.6 Å². The van der Waals surface area contributed by atoms with Gasteiger partial charge in [-0.25, -0.2) is 0 Å². The van der Waals surface area contributed by atoms with Gasteiger partial charge in [0.1, 0.15) is 17.9 Å². The van der Waals surface area contributed by atoms with Gasteiger partial charge in [-0.05, 0) is 63.3 Å². The van der Waals surface area contributed by atoms with E-state index in [0.29, 0.717) is 11.6 Å². The van der Waals surface area contributed by atoms with Crippen molar-refractivity contribution in [3.63, 3.8) is 0 Å². The first kappa shape index (κ1) is 23.8. The van der Waals surface area contributed by atoms with E-state index < -0.39 is 5.97 Å². The molecule has 0 aliphatic carbocycles. The molecular formula is C28H34N2O5. The maximum Gasteiger partial charge on any atom is 0.323 e. The highest BCUT2D eigenvalue weighted by atomic mass is 16.5. The van der Waals surface area contributed by atoms with Gasteiger partial charge in [0.15, 0.2) is 0 Å². The van der Waals surface area contributed by atoms with Crippen molar-refractivity contribution in [1.29, 1.82) is 0 Å². The monoisotopic (exact) mass is 478 g/mol. The molecular weight excluding hydrogens is 444 g/mol. The number of carbonyl (C=O) groups is 2. The maximum absolute atomic E-state index is 13.2. The molecule has 3 aliphatic heterocycles. The Morgan fingerprint density at radius 2 is 1.94 bits per heavy atom. The zero-order valence-electron chi connectivity index (χ0n) is 20.6. The standard InChI is InChI=1S/C28H34N2O5/c1-18-9-10-21-24(13-18)35-28(2,3)22-14-19-15-29(12-11-23(19)34-27(21)22)16-25(31)30(17-26(32)33)20-7-5-4-6-8-20/h4-10,13,19,22-23,27H,11-12,14-17H2,1-3H3,(H,32,33)/t19-,22+,23+,27-/m0/s1. The zero-order chi connectivity index (χ0) is 24.7. The van der Waals surface area contributed by atoms with Crippen molar-refractivity contribution in [1.82, 2.24) is 4.90 Å². The van der Waals surface area contributed by atoms with Crippen LogP contribution in [0.1, 0.15) is 43.9 Å². The molecule has 5 rings (SSSR count). The molecule has 1 N–H and O–H groups in total. The molecule has 1 amide bonds. The van der Waals surface area contributed by atoms with Gasteiger partial charge in [0, 0.05) is 30.3 Å². The number of para-hydroxylation sites is 1. The number of fused-ring (bicyclic) bond motifs is 4. The number of hydrogen-bond acceptors (Lipinski definition) is 5. The second-order valence-corrected chi connectivity index (χ2v) is 10.7. The van der Waals surface area contributed by atoms with E-state index >= 15 is 0 Å². The Labute approximate surface area is 206 Å². The number of carbonyl (C=O) groups excluding carboxylic acids is 1. The van der Waals surface area contributed by atoms with Gasteiger partial charge in [0.05, 0.1) is 18.8 Å². The minimum Gasteiger partial charge on any atom is -0.487 e. The lowest BCUT2D eigenvalue weighted by molar-refractivity contribution is -0.187. The Balaban J connectivity index is 1.29. The normalized spacial score (nSPS) is 27.1. The summed E-state index contributed by atoms with van der Waals surface area (Å²) in [5, 5.41) is 9.36. The lowest BCUT2D eigenvalue weighted by atomic mass is 9.70. The second-order valence-electron chi connectivity index (χ2n) is 10.7. The van der Waals surface area contributed by atoms with E-state index in [-0.39, 0.29) is 42.7 Å². The summed E-state index contributed by atoms with van der Waals surface area (Å²) in [6.07, 6.45) is 1.99. The number of ether oxygens (including phenoxy) is 2. The number of amides is 1. The fraction of sp³-hybridized carbons (Fsp3) is 0.500. The summed E-state index contributed by atoms with van der Waals surface area (Å²) in [6.45, 7) is 7.72. The summed E-state index contributed by atoms with van der Waals surface area (Å²) in [7, 11) is 0. The fourth-order valence-corrected chi connectivity index (χ4v) is 5.97. The van der Waals surface area contributed by atoms with Crippen LogP contribution in [0.15, 0.2) is 48.5 Å². The fourth-order valence-electron chi connectivity index (χ4n) is 5.97. The molecule has 3 aliphatic rings. The molecule has 0 unspecified atom stereocenters. The van der Waals surface area contributed by atoms with Crippen LogP contribution in [0.3, 0.4) is 0 Å². The Hall–Kier alpha value is -2.90. The van der Waals surface area contributed by atoms with Gasteiger partial charge in [-0.2, -0.15) is 0 Å². The Morgan fingerprint density at radius 3 is 2.69 bits per heavy atom. The maximum atomic E-state index is 13.2. The smallest absolute Gasteiger partial charge is 0.323 e. The predicted octanol–water partition coefficient (Wildman–Crippen LogP) is 4.05. The molecule has 7 heteroatoms. The van der Waals surface area contributed by atoms with Gasteiger partial charge in [-0.1, -0.05) is 30.3 Å². The number of aliphatic carboxylic acids is 1. The molecule has 0 bridgehead atoms. The predicted molar refractivity (Wildman–Crippen MR) is 133 cm³/mol. The van der Waals surface area contributed by atoms with Crippen molar-refractivity contribution in [3.05, 3.63) is 59.7 Å². The Bertz CT molecular complexity index is 1100. The van der Waals surface area contributed by atoms with Crippen LogP contribution in [0.5, 0.6) is 5.75 Å². The van der Waals surface area contributed by atoms with Crippen LogP contribution in [0.25, 0.3) is 0 Å². The zero-order valence-corrected chi connectivity index (χ0v) is 20.6. The number of hydrogen-bond donors (Lipinski definition) is 1. The van der Waals surface area contributed by atoms with Crippen LogP contribution >= 0.6 is 0 Å². The number of piperidine rings is 1. The van der Waals surface area contributed by atoms with Crippen molar-refractivity contribution in [3.8, 4) is 5.75 Å². The van der Waals surface area contributed by atoms with Gasteiger partial charge >= 0.3 is 5.97 Å². The first-order valence-electron chi connectivity index (χ1n) is 12.5. The summed E-state index contributed by atoms with van der Waals surface area (Å²) in [5.74, 6) is 0.233. The van der Waals surface area contributed by atoms with Crippen molar-refractivity contribution in [2.24, 2.45) is 11.8 Å². The van der Waals surface area contributed by atoms with Crippen LogP contribution < -0.4 is 9.64 Å². The molecule has 2 aromatic rings. The van der Waals surface area contributed by atoms with Crippen LogP contribution in [0, 0.1) is 18.8 Å². The molecule has 2 fully saturated rings. The van der Waals surface area contributed by atoms with E-state index in [4.69, 9.17) is 9.47 Å². The molecule has 4 atom stereocenters. The average molecular weight is 479 g/mol. The van der Waals surface area contributed by atoms with Gasteiger partial charge in [-0.3, -0.25) is 14.5 Å². The summed E-state index contributed by atoms with van der Waals surface area (Å²) in [5.41, 5.74) is 2.58. The number of benzene rings is 2. The molecule has 7 nitrogen and oxygen atoms in total. The molecule has 0 saturated carbocycles. The minimum absolute atomic E-state index is 0.0212. The first-order chi connectivity index (χ1) is 16.7. The number of aryl methyl sites for hydroxylation is 1. The van der Waals surface area contributed by atoms with Gasteiger partial charge in [0.25, 0.3) is 0 Å². The number of likely N-dealkylation sites (tertiary alicyclic amines) is 1. The van der Waals surface area contributed by atoms with E-state index in [9.17, 15) is 14.7 Å². The highest BCUT2D eigenvalue weighted by Gasteiger charge is 2.51. The van der Waals surface area contributed by atoms with Crippen LogP contribution in [0.2, 0.25) is 0 Å². The van der Waals surface area contributed by atoms with Gasteiger partial charge < -0.3 is 19.5 Å². The highest BCUT2D eigenvalue weighted by molar-refractivity contribution is 5.98. The number of nitrogens with zero attached hydrogens (tertiary/aromatic N) is 2. The SMILES string of the molecule is Cc1ccc2c(c1)OC(C)(C)[C@@H]1C[C@H]3CN(CC(=O)N(CC(=O)O)c4ccccc4)CC[C@H]3O[C@@H]21. The Kier molecular flexibility index (Phi) is 6.32. The molecule has 2 aromatic carbocycles. The largest absolute Gasteiger partial charge is 0.487 e. The highest BCUT2D eigenvalue weighted by Crippen LogP contribution is 2.53. The van der Waals surface area contributed by atoms with E-state index in [1.165, 1.54) is 10.5 Å². The molecule has 186 valence electrons. The van der Waals surface area contributed by atoms with E-state index in [1.54, 1.807) is 12.1 Å². The summed E-state index contributed by atoms with van der Waals surface area (Å²) in [6, 6.07) is 15.4. The van der Waals surface area contributed by atoms with Crippen LogP contribution in [0.4, 0.5) is 5.69 Å². The van der Waals surface area contributed by atoms with Crippen molar-refractivity contribution in [2.75, 3.05) is 31.1 Å². The molecule has 0 spiro atoms. The van der Waals surface area contributed by atoms with E-state index in [2.05, 4.69) is 43.9 Å². The number of anilines is 1. The van der Waals surface area contributed by atoms with Crippen LogP contribution in [-0.2, 0) is 14.3 Å². The average Bonchev–Trinajstić information content (AvgIpc) is 2.81. The second kappa shape index (κ2) is 9.28. The summed E-state index contributed by atoms with van der Waals surface area (Å²) >= 11 is 0. The molecule has 0 aromatic heterocycles. The van der Waals surface area contributed by atoms with E-state index in [0.717, 1.165) is 37.2 Å². The number of carboxylic acids is 1. The summed E-state index contributed by atoms with van der Waals surface area (Å²) in [4.78, 5) is 28.1. The van der Waals surface area contributed by atoms with Gasteiger partial charge in [0.2, 0.25) is 5.91 Å². The number of carboxylic acid groups (broad SMARTS) is 1. The first-order valence-corrected chi connectivity index (χ1v) is 12.5. The molecule has 2 saturated heterocycles. The third-order valence-electron chi connectivity index (χ3n) is 7.75. The third-order valence-corrected chi connectivity index (χ3v) is 7.75. The minimum atomic E-state index is -1.03. The van der Waals surface area contributed by atoms with Crippen molar-refractivity contribution in [2.45, 2.75) is 51.4 Å². The van der Waals surface area contributed by atoms with Gasteiger partial charge in [-0.15, -0.1) is 0 Å². The lowest BCUT2D eigenvalue weighted by Gasteiger charge is -2.53. The topological polar surface area (TPSA) is 79.3 Å². The number of rotatable bonds is 5. The molecule has 0 radical (unpaired) electrons. The van der Waals surface area contributed by atoms with Crippen molar-refractivity contribution < 1.29 is 24.2 Å². The van der Waals surface area contributed by atoms with E-state index in [1.807, 2.05) is 18.2 Å². The lowest BCUT2D eigenvalue weighted by Crippen LogP contribution is -2.56. The van der Waals surface area contributed by atoms with Crippen LogP contribution in [-0.4, -0.2) is 59.8 Å². The quantitative estimate of drug-likeness (QED) is 0.699. The summed E-state index contributed by atoms with van der Waals surface area (Å²) < 4.78 is 13.2. The molecule has 3 heterocycles. The molecule has 35 heavy (non-hydrogen) atoms. The third kappa shape index (κ3) is 4.80.